The van der Waals surface area contributed by atoms with Crippen LogP contribution in [0.4, 0.5) is 0 Å². The van der Waals surface area contributed by atoms with Gasteiger partial charge in [-0.05, 0) is 59.7 Å². The van der Waals surface area contributed by atoms with Crippen LogP contribution in [0.15, 0.2) is 176 Å². The number of rotatable bonds is 4. The van der Waals surface area contributed by atoms with Crippen molar-refractivity contribution < 1.29 is 0 Å². The van der Waals surface area contributed by atoms with E-state index < -0.39 is 0 Å². The summed E-state index contributed by atoms with van der Waals surface area (Å²) in [5, 5.41) is 9.95. The molecule has 0 aliphatic carbocycles. The van der Waals surface area contributed by atoms with Gasteiger partial charge in [0.1, 0.15) is 0 Å². The van der Waals surface area contributed by atoms with Crippen LogP contribution in [-0.2, 0) is 0 Å². The second kappa shape index (κ2) is 11.0. The molecule has 13 aromatic rings. The molecular formula is C51H29N5. The SMILES string of the molecule is c1ccc(-c2nc(-c3ccccc3)nc(-c3cc4c5ccccc5n5c6ccc(-c7ccc8c(c7)c7cccc9c%10ccccc%10n8c97)cc6c(c3)c45)n2)cc1. The Kier molecular flexibility index (Phi) is 5.83. The summed E-state index contributed by atoms with van der Waals surface area (Å²) in [6.45, 7) is 0. The second-order valence-electron chi connectivity index (χ2n) is 14.8. The molecule has 0 saturated heterocycles. The Hall–Kier alpha value is -7.63. The topological polar surface area (TPSA) is 47.5 Å². The van der Waals surface area contributed by atoms with Gasteiger partial charge in [-0.3, -0.25) is 0 Å². The number of hydrogen-bond donors (Lipinski definition) is 0. The Morgan fingerprint density at radius 2 is 0.625 bits per heavy atom. The number of fused-ring (bicyclic) bond motifs is 12. The summed E-state index contributed by atoms with van der Waals surface area (Å²) >= 11 is 0. The van der Waals surface area contributed by atoms with Crippen LogP contribution in [0, 0.1) is 0 Å². The lowest BCUT2D eigenvalue weighted by Gasteiger charge is -2.09. The number of aromatic nitrogens is 5. The number of benzene rings is 8. The minimum Gasteiger partial charge on any atom is -0.308 e. The van der Waals surface area contributed by atoms with Crippen molar-refractivity contribution in [1.29, 1.82) is 0 Å². The highest BCUT2D eigenvalue weighted by Crippen LogP contribution is 2.44. The molecule has 8 aromatic carbocycles. The number of hydrogen-bond acceptors (Lipinski definition) is 3. The van der Waals surface area contributed by atoms with E-state index in [9.17, 15) is 0 Å². The molecular weight excluding hydrogens is 683 g/mol. The van der Waals surface area contributed by atoms with E-state index in [4.69, 9.17) is 15.0 Å². The van der Waals surface area contributed by atoms with Crippen LogP contribution in [0.5, 0.6) is 0 Å². The Morgan fingerprint density at radius 3 is 1.20 bits per heavy atom. The Balaban J connectivity index is 1.06. The average Bonchev–Trinajstić information content (AvgIpc) is 4.00. The fraction of sp³-hybridized carbons (Fsp3) is 0. The van der Waals surface area contributed by atoms with E-state index in [0.29, 0.717) is 17.5 Å². The summed E-state index contributed by atoms with van der Waals surface area (Å²) in [5.41, 5.74) is 12.6. The van der Waals surface area contributed by atoms with Crippen molar-refractivity contribution in [3.8, 4) is 45.3 Å². The normalized spacial score (nSPS) is 12.3. The summed E-state index contributed by atoms with van der Waals surface area (Å²) in [7, 11) is 0. The van der Waals surface area contributed by atoms with E-state index >= 15 is 0 Å². The molecule has 0 spiro atoms. The summed E-state index contributed by atoms with van der Waals surface area (Å²) in [6, 6.07) is 63.0. The van der Waals surface area contributed by atoms with Crippen molar-refractivity contribution in [3.05, 3.63) is 176 Å². The molecule has 13 rings (SSSR count). The molecule has 0 aliphatic heterocycles. The molecule has 5 aromatic heterocycles. The van der Waals surface area contributed by atoms with E-state index in [1.165, 1.54) is 87.3 Å². The Labute approximate surface area is 320 Å². The van der Waals surface area contributed by atoms with Crippen LogP contribution < -0.4 is 0 Å². The Morgan fingerprint density at radius 1 is 0.250 bits per heavy atom. The third kappa shape index (κ3) is 4.01. The molecule has 56 heavy (non-hydrogen) atoms. The van der Waals surface area contributed by atoms with Gasteiger partial charge in [-0.1, -0.05) is 127 Å². The van der Waals surface area contributed by atoms with Crippen LogP contribution >= 0.6 is 0 Å². The molecule has 0 radical (unpaired) electrons. The van der Waals surface area contributed by atoms with Crippen LogP contribution in [0.1, 0.15) is 0 Å². The van der Waals surface area contributed by atoms with E-state index in [0.717, 1.165) is 16.7 Å². The van der Waals surface area contributed by atoms with Gasteiger partial charge in [-0.15, -0.1) is 0 Å². The lowest BCUT2D eigenvalue weighted by molar-refractivity contribution is 1.07. The molecule has 0 atom stereocenters. The zero-order valence-corrected chi connectivity index (χ0v) is 30.0. The van der Waals surface area contributed by atoms with Crippen LogP contribution in [0.3, 0.4) is 0 Å². The maximum atomic E-state index is 5.13. The molecule has 258 valence electrons. The van der Waals surface area contributed by atoms with Gasteiger partial charge in [0.05, 0.1) is 33.1 Å². The molecule has 5 nitrogen and oxygen atoms in total. The van der Waals surface area contributed by atoms with Crippen molar-refractivity contribution in [2.24, 2.45) is 0 Å². The van der Waals surface area contributed by atoms with Gasteiger partial charge in [0.2, 0.25) is 0 Å². The Bertz CT molecular complexity index is 3630. The van der Waals surface area contributed by atoms with Crippen LogP contribution in [-0.4, -0.2) is 23.8 Å². The number of nitrogens with zero attached hydrogens (tertiary/aromatic N) is 5. The first kappa shape index (κ1) is 29.8. The van der Waals surface area contributed by atoms with Crippen LogP contribution in [0.25, 0.3) is 121 Å². The minimum absolute atomic E-state index is 0.654. The van der Waals surface area contributed by atoms with Gasteiger partial charge in [0, 0.05) is 59.8 Å². The quantitative estimate of drug-likeness (QED) is 0.183. The smallest absolute Gasteiger partial charge is 0.164 e. The molecule has 0 unspecified atom stereocenters. The maximum Gasteiger partial charge on any atom is 0.164 e. The first-order chi connectivity index (χ1) is 27.8. The van der Waals surface area contributed by atoms with Crippen molar-refractivity contribution >= 4 is 76.2 Å². The highest BCUT2D eigenvalue weighted by molar-refractivity contribution is 6.26. The van der Waals surface area contributed by atoms with Crippen molar-refractivity contribution in [1.82, 2.24) is 23.8 Å². The standard InChI is InChI=1S/C51H29N5/c1-3-12-30(13-4-1)49-52-50(31-14-5-2-6-15-31)54-51(53-49)34-28-41-36-17-8-10-21-44(36)56-46-25-23-33(27-40(46)42(29-34)48(41)56)32-22-24-45-39(26-32)38-19-11-18-37-35-16-7-9-20-43(35)55(45)47(37)38/h1-29H. The molecule has 5 heteroatoms. The largest absolute Gasteiger partial charge is 0.308 e. The van der Waals surface area contributed by atoms with Gasteiger partial charge in [0.15, 0.2) is 17.5 Å². The first-order valence-electron chi connectivity index (χ1n) is 19.0. The highest BCUT2D eigenvalue weighted by atomic mass is 15.0. The van der Waals surface area contributed by atoms with E-state index in [1.807, 2.05) is 36.4 Å². The first-order valence-corrected chi connectivity index (χ1v) is 19.0. The summed E-state index contributed by atoms with van der Waals surface area (Å²) < 4.78 is 4.87. The molecule has 0 amide bonds. The van der Waals surface area contributed by atoms with Gasteiger partial charge >= 0.3 is 0 Å². The van der Waals surface area contributed by atoms with E-state index in [1.54, 1.807) is 0 Å². The molecule has 0 aliphatic rings. The number of para-hydroxylation sites is 3. The van der Waals surface area contributed by atoms with E-state index in [2.05, 4.69) is 148 Å². The average molecular weight is 712 g/mol. The van der Waals surface area contributed by atoms with Gasteiger partial charge in [-0.25, -0.2) is 15.0 Å². The molecule has 0 N–H and O–H groups in total. The van der Waals surface area contributed by atoms with Crippen molar-refractivity contribution in [2.45, 2.75) is 0 Å². The summed E-state index contributed by atoms with van der Waals surface area (Å²) in [6.07, 6.45) is 0. The zero-order valence-electron chi connectivity index (χ0n) is 30.0. The lowest BCUT2D eigenvalue weighted by atomic mass is 9.98. The van der Waals surface area contributed by atoms with Crippen molar-refractivity contribution in [3.63, 3.8) is 0 Å². The van der Waals surface area contributed by atoms with Gasteiger partial charge in [0.25, 0.3) is 0 Å². The minimum atomic E-state index is 0.654. The molecule has 0 fully saturated rings. The summed E-state index contributed by atoms with van der Waals surface area (Å²) in [4.78, 5) is 15.2. The van der Waals surface area contributed by atoms with Gasteiger partial charge < -0.3 is 8.80 Å². The zero-order chi connectivity index (χ0) is 36.5. The molecule has 0 bridgehead atoms. The fourth-order valence-electron chi connectivity index (χ4n) is 9.36. The second-order valence-corrected chi connectivity index (χ2v) is 14.8. The monoisotopic (exact) mass is 711 g/mol. The molecule has 0 saturated carbocycles. The third-order valence-corrected chi connectivity index (χ3v) is 11.8. The predicted molar refractivity (Wildman–Crippen MR) is 231 cm³/mol. The van der Waals surface area contributed by atoms with Crippen molar-refractivity contribution in [2.75, 3.05) is 0 Å². The maximum absolute atomic E-state index is 5.13. The van der Waals surface area contributed by atoms with Gasteiger partial charge in [-0.2, -0.15) is 0 Å². The third-order valence-electron chi connectivity index (χ3n) is 11.8. The lowest BCUT2D eigenvalue weighted by Crippen LogP contribution is -2.00. The summed E-state index contributed by atoms with van der Waals surface area (Å²) in [5.74, 6) is 1.97. The fourth-order valence-corrected chi connectivity index (χ4v) is 9.36. The molecule has 5 heterocycles. The van der Waals surface area contributed by atoms with E-state index in [-0.39, 0.29) is 0 Å². The predicted octanol–water partition coefficient (Wildman–Crippen LogP) is 12.8. The highest BCUT2D eigenvalue weighted by Gasteiger charge is 2.22. The van der Waals surface area contributed by atoms with Crippen LogP contribution in [0.2, 0.25) is 0 Å².